The van der Waals surface area contributed by atoms with Gasteiger partial charge < -0.3 is 0 Å². The summed E-state index contributed by atoms with van der Waals surface area (Å²) in [5, 5.41) is 0. The average molecular weight is 384 g/mol. The standard InChI is InChI=1S/C15H17.Re/c1-4-9-14(10-5-2)13(3)15-11-7-6-8-12-15;/h4-12H,1H2,2-3H3;/q-1;/b10-5-,14-9+;. The largest absolute Gasteiger partial charge is 0.123 e. The van der Waals surface area contributed by atoms with Gasteiger partial charge in [0.1, 0.15) is 0 Å². The van der Waals surface area contributed by atoms with Crippen molar-refractivity contribution in [3.8, 4) is 0 Å². The van der Waals surface area contributed by atoms with Gasteiger partial charge >= 0.3 is 0 Å². The number of allylic oxidation sites excluding steroid dienone is 5. The van der Waals surface area contributed by atoms with E-state index in [9.17, 15) is 0 Å². The second-order valence-electron chi connectivity index (χ2n) is 3.35. The Morgan fingerprint density at radius 3 is 2.38 bits per heavy atom. The molecule has 0 aliphatic carbocycles. The minimum atomic E-state index is 0. The molecule has 1 heteroatoms. The van der Waals surface area contributed by atoms with Crippen molar-refractivity contribution < 1.29 is 20.4 Å². The van der Waals surface area contributed by atoms with Gasteiger partial charge in [0.25, 0.3) is 0 Å². The van der Waals surface area contributed by atoms with Crippen LogP contribution in [0, 0.1) is 5.92 Å². The fourth-order valence-electron chi connectivity index (χ4n) is 1.47. The normalized spacial score (nSPS) is 11.0. The van der Waals surface area contributed by atoms with Gasteiger partial charge in [0.2, 0.25) is 0 Å². The van der Waals surface area contributed by atoms with E-state index in [1.807, 2.05) is 31.2 Å². The van der Waals surface area contributed by atoms with Crippen LogP contribution in [0.15, 0.2) is 66.8 Å². The SMILES string of the molecule is C=C/C=C(\C=C/C)[C-](C)c1ccccc1.[Re]. The molecule has 0 aromatic heterocycles. The van der Waals surface area contributed by atoms with Gasteiger partial charge in [0, 0.05) is 20.4 Å². The molecule has 1 rings (SSSR count). The Kier molecular flexibility index (Phi) is 7.64. The van der Waals surface area contributed by atoms with Crippen molar-refractivity contribution in [2.24, 2.45) is 0 Å². The predicted molar refractivity (Wildman–Crippen MR) is 67.6 cm³/mol. The molecule has 1 aromatic carbocycles. The number of hydrogen-bond donors (Lipinski definition) is 0. The summed E-state index contributed by atoms with van der Waals surface area (Å²) in [6.45, 7) is 7.89. The van der Waals surface area contributed by atoms with Crippen LogP contribution in [0.1, 0.15) is 19.4 Å². The van der Waals surface area contributed by atoms with Crippen LogP contribution in [0.3, 0.4) is 0 Å². The molecule has 16 heavy (non-hydrogen) atoms. The molecule has 0 spiro atoms. The van der Waals surface area contributed by atoms with Crippen molar-refractivity contribution in [1.82, 2.24) is 0 Å². The van der Waals surface area contributed by atoms with E-state index in [0.29, 0.717) is 0 Å². The maximum Gasteiger partial charge on any atom is 0 e. The summed E-state index contributed by atoms with van der Waals surface area (Å²) in [6, 6.07) is 10.4. The van der Waals surface area contributed by atoms with Crippen LogP contribution >= 0.6 is 0 Å². The molecule has 0 bridgehead atoms. The van der Waals surface area contributed by atoms with E-state index < -0.39 is 0 Å². The summed E-state index contributed by atoms with van der Waals surface area (Å²) in [5.41, 5.74) is 2.46. The summed E-state index contributed by atoms with van der Waals surface area (Å²) >= 11 is 0. The average Bonchev–Trinajstić information content (AvgIpc) is 2.29. The first-order chi connectivity index (χ1) is 7.29. The van der Waals surface area contributed by atoms with E-state index >= 15 is 0 Å². The third-order valence-electron chi connectivity index (χ3n) is 2.28. The van der Waals surface area contributed by atoms with E-state index in [-0.39, 0.29) is 20.4 Å². The zero-order valence-corrected chi connectivity index (χ0v) is 12.5. The molecular weight excluding hydrogens is 366 g/mol. The molecule has 0 amide bonds. The van der Waals surface area contributed by atoms with Crippen LogP contribution in [0.25, 0.3) is 0 Å². The topological polar surface area (TPSA) is 0 Å². The third kappa shape index (κ3) is 4.23. The van der Waals surface area contributed by atoms with Gasteiger partial charge in [-0.2, -0.15) is 0 Å². The second-order valence-corrected chi connectivity index (χ2v) is 3.35. The molecule has 85 valence electrons. The summed E-state index contributed by atoms with van der Waals surface area (Å²) in [5.74, 6) is 1.27. The third-order valence-corrected chi connectivity index (χ3v) is 2.28. The predicted octanol–water partition coefficient (Wildman–Crippen LogP) is 4.32. The molecule has 0 N–H and O–H groups in total. The summed E-state index contributed by atoms with van der Waals surface area (Å²) < 4.78 is 0. The zero-order chi connectivity index (χ0) is 11.1. The van der Waals surface area contributed by atoms with Crippen LogP contribution < -0.4 is 0 Å². The summed E-state index contributed by atoms with van der Waals surface area (Å²) in [7, 11) is 0. The molecular formula is C15H17Re-. The minimum Gasteiger partial charge on any atom is -0.123 e. The van der Waals surface area contributed by atoms with Crippen molar-refractivity contribution in [1.29, 1.82) is 0 Å². The maximum absolute atomic E-state index is 3.74. The van der Waals surface area contributed by atoms with E-state index in [1.165, 1.54) is 17.1 Å². The van der Waals surface area contributed by atoms with Gasteiger partial charge in [-0.15, -0.1) is 60.1 Å². The van der Waals surface area contributed by atoms with E-state index in [2.05, 4.69) is 43.8 Å². The first-order valence-corrected chi connectivity index (χ1v) is 5.14. The van der Waals surface area contributed by atoms with E-state index in [1.54, 1.807) is 0 Å². The zero-order valence-electron chi connectivity index (χ0n) is 9.78. The molecule has 1 radical (unpaired) electrons. The Morgan fingerprint density at radius 2 is 1.88 bits per heavy atom. The summed E-state index contributed by atoms with van der Waals surface area (Å²) in [4.78, 5) is 0. The Hall–Kier alpha value is -1.03. The van der Waals surface area contributed by atoms with Crippen molar-refractivity contribution in [3.05, 3.63) is 78.3 Å². The first kappa shape index (κ1) is 15.0. The number of hydrogen-bond acceptors (Lipinski definition) is 0. The molecule has 0 heterocycles. The van der Waals surface area contributed by atoms with Crippen molar-refractivity contribution in [2.45, 2.75) is 13.8 Å². The van der Waals surface area contributed by atoms with E-state index in [4.69, 9.17) is 0 Å². The molecule has 0 aliphatic heterocycles. The first-order valence-electron chi connectivity index (χ1n) is 5.14. The number of benzene rings is 1. The molecule has 0 nitrogen and oxygen atoms in total. The molecule has 1 aromatic rings. The Labute approximate surface area is 112 Å². The maximum atomic E-state index is 3.74. The van der Waals surface area contributed by atoms with Crippen LogP contribution in [0.2, 0.25) is 0 Å². The fraction of sp³-hybridized carbons (Fsp3) is 0.133. The Bertz CT molecular complexity index is 360. The Morgan fingerprint density at radius 1 is 1.25 bits per heavy atom. The van der Waals surface area contributed by atoms with Gasteiger partial charge in [0.15, 0.2) is 0 Å². The van der Waals surface area contributed by atoms with Gasteiger partial charge in [-0.1, -0.05) is 32.0 Å². The van der Waals surface area contributed by atoms with Gasteiger partial charge in [-0.3, -0.25) is 0 Å². The van der Waals surface area contributed by atoms with Crippen LogP contribution in [-0.4, -0.2) is 0 Å². The second kappa shape index (κ2) is 8.16. The molecule has 0 atom stereocenters. The Balaban J connectivity index is 0.00000225. The van der Waals surface area contributed by atoms with Crippen molar-refractivity contribution in [3.63, 3.8) is 0 Å². The fourth-order valence-corrected chi connectivity index (χ4v) is 1.47. The summed E-state index contributed by atoms with van der Waals surface area (Å²) in [6.07, 6.45) is 8.00. The van der Waals surface area contributed by atoms with Gasteiger partial charge in [0.05, 0.1) is 0 Å². The van der Waals surface area contributed by atoms with Crippen LogP contribution in [0.5, 0.6) is 0 Å². The van der Waals surface area contributed by atoms with Crippen LogP contribution in [0.4, 0.5) is 0 Å². The monoisotopic (exact) mass is 384 g/mol. The minimum absolute atomic E-state index is 0. The van der Waals surface area contributed by atoms with Crippen molar-refractivity contribution >= 4 is 0 Å². The molecule has 0 aliphatic rings. The van der Waals surface area contributed by atoms with E-state index in [0.717, 1.165) is 0 Å². The van der Waals surface area contributed by atoms with Gasteiger partial charge in [-0.05, 0) is 0 Å². The molecule has 0 unspecified atom stereocenters. The molecule has 0 saturated heterocycles. The van der Waals surface area contributed by atoms with Crippen molar-refractivity contribution in [2.75, 3.05) is 0 Å². The van der Waals surface area contributed by atoms with Crippen LogP contribution in [-0.2, 0) is 20.4 Å². The smallest absolute Gasteiger partial charge is 0 e. The van der Waals surface area contributed by atoms with Gasteiger partial charge in [-0.25, -0.2) is 0 Å². The molecule has 0 fully saturated rings. The number of rotatable bonds is 4. The molecule has 0 saturated carbocycles. The quantitative estimate of drug-likeness (QED) is 0.537.